The smallest absolute Gasteiger partial charge is 0.157 e. The molecule has 3 nitrogen and oxygen atoms in total. The predicted octanol–water partition coefficient (Wildman–Crippen LogP) is 1.31. The van der Waals surface area contributed by atoms with E-state index in [0.717, 1.165) is 12.3 Å². The molecule has 0 aliphatic carbocycles. The van der Waals surface area contributed by atoms with Crippen LogP contribution in [0.15, 0.2) is 12.4 Å². The van der Waals surface area contributed by atoms with E-state index in [9.17, 15) is 0 Å². The summed E-state index contributed by atoms with van der Waals surface area (Å²) >= 11 is 0. The fourth-order valence-electron chi connectivity index (χ4n) is 0.820. The van der Waals surface area contributed by atoms with Crippen LogP contribution in [0.25, 0.3) is 0 Å². The lowest BCUT2D eigenvalue weighted by Crippen LogP contribution is -1.95. The molecular formula is C9H12N2O. The molecule has 0 N–H and O–H groups in total. The second-order valence-corrected chi connectivity index (χ2v) is 2.33. The molecule has 1 aromatic rings. The number of terminal acetylenes is 1. The van der Waals surface area contributed by atoms with Gasteiger partial charge in [0.25, 0.3) is 0 Å². The molecule has 0 spiro atoms. The van der Waals surface area contributed by atoms with Crippen LogP contribution in [-0.2, 0) is 6.54 Å². The van der Waals surface area contributed by atoms with E-state index < -0.39 is 0 Å². The van der Waals surface area contributed by atoms with Crippen LogP contribution in [0.1, 0.15) is 13.3 Å². The summed E-state index contributed by atoms with van der Waals surface area (Å²) in [5, 5.41) is 4.05. The first-order valence-electron chi connectivity index (χ1n) is 3.95. The highest BCUT2D eigenvalue weighted by Crippen LogP contribution is 2.07. The summed E-state index contributed by atoms with van der Waals surface area (Å²) in [5.41, 5.74) is 0. The maximum absolute atomic E-state index is 5.30. The molecule has 12 heavy (non-hydrogen) atoms. The van der Waals surface area contributed by atoms with Gasteiger partial charge in [0.15, 0.2) is 5.75 Å². The predicted molar refractivity (Wildman–Crippen MR) is 46.8 cm³/mol. The minimum absolute atomic E-state index is 0.561. The van der Waals surface area contributed by atoms with Crippen molar-refractivity contribution < 1.29 is 4.74 Å². The van der Waals surface area contributed by atoms with Gasteiger partial charge in [-0.05, 0) is 6.92 Å². The molecule has 0 fully saturated rings. The van der Waals surface area contributed by atoms with Crippen molar-refractivity contribution >= 4 is 0 Å². The first kappa shape index (κ1) is 8.66. The number of ether oxygens (including phenoxy) is 1. The molecule has 0 unspecified atom stereocenters. The Morgan fingerprint density at radius 3 is 3.17 bits per heavy atom. The SMILES string of the molecule is C#CCCOc1cnn(CC)c1. The van der Waals surface area contributed by atoms with Gasteiger partial charge in [0, 0.05) is 13.0 Å². The third-order valence-electron chi connectivity index (χ3n) is 1.45. The molecule has 1 aromatic heterocycles. The zero-order valence-electron chi connectivity index (χ0n) is 7.16. The number of aromatic nitrogens is 2. The summed E-state index contributed by atoms with van der Waals surface area (Å²) < 4.78 is 7.11. The van der Waals surface area contributed by atoms with Crippen molar-refractivity contribution in [3.05, 3.63) is 12.4 Å². The van der Waals surface area contributed by atoms with Crippen LogP contribution >= 0.6 is 0 Å². The van der Waals surface area contributed by atoms with Crippen molar-refractivity contribution in [1.82, 2.24) is 9.78 Å². The molecular weight excluding hydrogens is 152 g/mol. The molecule has 0 bridgehead atoms. The Labute approximate surface area is 72.3 Å². The minimum Gasteiger partial charge on any atom is -0.489 e. The Bertz CT molecular complexity index is 272. The van der Waals surface area contributed by atoms with E-state index in [1.807, 2.05) is 17.8 Å². The molecule has 0 atom stereocenters. The van der Waals surface area contributed by atoms with E-state index in [0.29, 0.717) is 13.0 Å². The summed E-state index contributed by atoms with van der Waals surface area (Å²) in [5.74, 6) is 3.29. The fraction of sp³-hybridized carbons (Fsp3) is 0.444. The van der Waals surface area contributed by atoms with Crippen LogP contribution in [0.2, 0.25) is 0 Å². The van der Waals surface area contributed by atoms with E-state index in [2.05, 4.69) is 11.0 Å². The molecule has 0 radical (unpaired) electrons. The van der Waals surface area contributed by atoms with Crippen LogP contribution in [0.3, 0.4) is 0 Å². The fourth-order valence-corrected chi connectivity index (χ4v) is 0.820. The van der Waals surface area contributed by atoms with Gasteiger partial charge in [-0.3, -0.25) is 4.68 Å². The minimum atomic E-state index is 0.561. The van der Waals surface area contributed by atoms with E-state index in [-0.39, 0.29) is 0 Å². The van der Waals surface area contributed by atoms with Crippen molar-refractivity contribution in [1.29, 1.82) is 0 Å². The Morgan fingerprint density at radius 2 is 2.58 bits per heavy atom. The van der Waals surface area contributed by atoms with Crippen LogP contribution in [-0.4, -0.2) is 16.4 Å². The molecule has 0 aliphatic rings. The van der Waals surface area contributed by atoms with Gasteiger partial charge in [-0.25, -0.2) is 0 Å². The average molecular weight is 164 g/mol. The summed E-state index contributed by atoms with van der Waals surface area (Å²) in [7, 11) is 0. The standard InChI is InChI=1S/C9H12N2O/c1-3-5-6-12-9-7-10-11(4-2)8-9/h1,7-8H,4-6H2,2H3. The summed E-state index contributed by atoms with van der Waals surface area (Å²) in [6.45, 7) is 3.45. The topological polar surface area (TPSA) is 27.1 Å². The molecule has 64 valence electrons. The van der Waals surface area contributed by atoms with E-state index in [1.165, 1.54) is 0 Å². The third-order valence-corrected chi connectivity index (χ3v) is 1.45. The maximum Gasteiger partial charge on any atom is 0.157 e. The quantitative estimate of drug-likeness (QED) is 0.495. The largest absolute Gasteiger partial charge is 0.489 e. The highest BCUT2D eigenvalue weighted by atomic mass is 16.5. The maximum atomic E-state index is 5.30. The van der Waals surface area contributed by atoms with Crippen LogP contribution in [0.5, 0.6) is 5.75 Å². The summed E-state index contributed by atoms with van der Waals surface area (Å²) in [6, 6.07) is 0. The monoisotopic (exact) mass is 164 g/mol. The van der Waals surface area contributed by atoms with Crippen molar-refractivity contribution in [2.24, 2.45) is 0 Å². The van der Waals surface area contributed by atoms with E-state index >= 15 is 0 Å². The van der Waals surface area contributed by atoms with Gasteiger partial charge in [0.1, 0.15) is 0 Å². The zero-order valence-corrected chi connectivity index (χ0v) is 7.16. The molecule has 1 heterocycles. The third kappa shape index (κ3) is 2.31. The van der Waals surface area contributed by atoms with Crippen molar-refractivity contribution in [3.8, 4) is 18.1 Å². The van der Waals surface area contributed by atoms with Gasteiger partial charge in [-0.15, -0.1) is 12.3 Å². The van der Waals surface area contributed by atoms with Gasteiger partial charge in [0.05, 0.1) is 19.0 Å². The molecule has 3 heteroatoms. The van der Waals surface area contributed by atoms with Gasteiger partial charge in [0.2, 0.25) is 0 Å². The molecule has 0 saturated heterocycles. The summed E-state index contributed by atoms with van der Waals surface area (Å²) in [6.07, 6.45) is 9.26. The number of hydrogen-bond donors (Lipinski definition) is 0. The van der Waals surface area contributed by atoms with Crippen LogP contribution in [0, 0.1) is 12.3 Å². The molecule has 0 aromatic carbocycles. The van der Waals surface area contributed by atoms with Gasteiger partial charge >= 0.3 is 0 Å². The first-order chi connectivity index (χ1) is 5.86. The van der Waals surface area contributed by atoms with Crippen LogP contribution < -0.4 is 4.74 Å². The highest BCUT2D eigenvalue weighted by molar-refractivity contribution is 5.11. The van der Waals surface area contributed by atoms with Gasteiger partial charge < -0.3 is 4.74 Å². The second-order valence-electron chi connectivity index (χ2n) is 2.33. The number of hydrogen-bond acceptors (Lipinski definition) is 2. The van der Waals surface area contributed by atoms with Crippen molar-refractivity contribution in [2.75, 3.05) is 6.61 Å². The molecule has 0 saturated carbocycles. The van der Waals surface area contributed by atoms with Crippen molar-refractivity contribution in [3.63, 3.8) is 0 Å². The lowest BCUT2D eigenvalue weighted by Gasteiger charge is -1.97. The zero-order chi connectivity index (χ0) is 8.81. The average Bonchev–Trinajstić information content (AvgIpc) is 2.53. The molecule has 0 amide bonds. The lowest BCUT2D eigenvalue weighted by atomic mass is 10.5. The normalized spacial score (nSPS) is 9.33. The Kier molecular flexibility index (Phi) is 3.21. The Balaban J connectivity index is 2.37. The van der Waals surface area contributed by atoms with E-state index in [1.54, 1.807) is 6.20 Å². The second kappa shape index (κ2) is 4.45. The van der Waals surface area contributed by atoms with Gasteiger partial charge in [-0.1, -0.05) is 0 Å². The number of rotatable bonds is 4. The van der Waals surface area contributed by atoms with Crippen molar-refractivity contribution in [2.45, 2.75) is 19.9 Å². The highest BCUT2D eigenvalue weighted by Gasteiger charge is 1.95. The number of nitrogens with zero attached hydrogens (tertiary/aromatic N) is 2. The van der Waals surface area contributed by atoms with E-state index in [4.69, 9.17) is 11.2 Å². The van der Waals surface area contributed by atoms with Crippen LogP contribution in [0.4, 0.5) is 0 Å². The Hall–Kier alpha value is -1.43. The first-order valence-corrected chi connectivity index (χ1v) is 3.95. The molecule has 1 rings (SSSR count). The number of aryl methyl sites for hydroxylation is 1. The molecule has 0 aliphatic heterocycles. The summed E-state index contributed by atoms with van der Waals surface area (Å²) in [4.78, 5) is 0. The van der Waals surface area contributed by atoms with Gasteiger partial charge in [-0.2, -0.15) is 5.10 Å². The lowest BCUT2D eigenvalue weighted by molar-refractivity contribution is 0.327. The Morgan fingerprint density at radius 1 is 1.75 bits per heavy atom.